The van der Waals surface area contributed by atoms with E-state index in [1.54, 1.807) is 0 Å². The Hall–Kier alpha value is -1.88. The number of rotatable bonds is 7. The van der Waals surface area contributed by atoms with Gasteiger partial charge in [-0.15, -0.1) is 0 Å². The van der Waals surface area contributed by atoms with Crippen LogP contribution in [0.4, 0.5) is 0 Å². The molecule has 5 heteroatoms. The summed E-state index contributed by atoms with van der Waals surface area (Å²) in [5.41, 5.74) is 4.91. The molecular weight excluding hydrogens is 600 g/mol. The molecule has 0 unspecified atom stereocenters. The second kappa shape index (κ2) is 12.6. The quantitative estimate of drug-likeness (QED) is 0.185. The predicted octanol–water partition coefficient (Wildman–Crippen LogP) is 11.1. The highest BCUT2D eigenvalue weighted by Gasteiger charge is 2.35. The van der Waals surface area contributed by atoms with Crippen LogP contribution in [0.1, 0.15) is 105 Å². The Bertz CT molecular complexity index is 1320. The minimum Gasteiger partial charge on any atom is -0.544 e. The third-order valence-corrected chi connectivity index (χ3v) is 11.7. The van der Waals surface area contributed by atoms with Crippen molar-refractivity contribution >= 4 is 40.5 Å². The van der Waals surface area contributed by atoms with Gasteiger partial charge in [-0.05, 0) is 131 Å². The molecule has 0 heterocycles. The van der Waals surface area contributed by atoms with Crippen molar-refractivity contribution in [3.05, 3.63) is 76.9 Å². The third-order valence-electron chi connectivity index (χ3n) is 7.73. The van der Waals surface area contributed by atoms with Crippen LogP contribution in [0.5, 0.6) is 11.5 Å². The summed E-state index contributed by atoms with van der Waals surface area (Å²) in [6.07, 6.45) is 0. The molecule has 3 aromatic rings. The highest BCUT2D eigenvalue weighted by Crippen LogP contribution is 2.47. The Morgan fingerprint density at radius 2 is 0.689 bits per heavy atom. The Kier molecular flexibility index (Phi) is 10.5. The molecule has 3 aromatic carbocycles. The van der Waals surface area contributed by atoms with Crippen molar-refractivity contribution in [1.29, 1.82) is 0 Å². The SMILES string of the molecule is CC(C)(C)c1cc(P(c2ccccc2)c2cc(C(C)(C)C)c(O[Si](C)(C)C)c(C(C)(C)C)c2)cc(C(C)(C)C)c1O[Si](C)(C)C. The molecule has 2 nitrogen and oxygen atoms in total. The van der Waals surface area contributed by atoms with E-state index in [0.29, 0.717) is 0 Å². The monoisotopic (exact) mass is 662 g/mol. The molecule has 0 aliphatic carbocycles. The molecule has 0 aromatic heterocycles. The number of hydrogen-bond acceptors (Lipinski definition) is 2. The first-order valence-electron chi connectivity index (χ1n) is 16.7. The summed E-state index contributed by atoms with van der Waals surface area (Å²) in [6, 6.07) is 21.1. The molecule has 0 N–H and O–H groups in total. The summed E-state index contributed by atoms with van der Waals surface area (Å²) in [4.78, 5) is 0. The van der Waals surface area contributed by atoms with Crippen molar-refractivity contribution in [1.82, 2.24) is 0 Å². The summed E-state index contributed by atoms with van der Waals surface area (Å²) in [5.74, 6) is 2.20. The van der Waals surface area contributed by atoms with Gasteiger partial charge in [0.15, 0.2) is 0 Å². The lowest BCUT2D eigenvalue weighted by molar-refractivity contribution is 0.477. The van der Waals surface area contributed by atoms with Gasteiger partial charge in [0.2, 0.25) is 16.6 Å². The molecule has 45 heavy (non-hydrogen) atoms. The van der Waals surface area contributed by atoms with Gasteiger partial charge >= 0.3 is 0 Å². The summed E-state index contributed by atoms with van der Waals surface area (Å²) < 4.78 is 14.0. The van der Waals surface area contributed by atoms with Gasteiger partial charge < -0.3 is 8.85 Å². The van der Waals surface area contributed by atoms with Crippen LogP contribution >= 0.6 is 7.92 Å². The first kappa shape index (κ1) is 37.6. The smallest absolute Gasteiger partial charge is 0.242 e. The lowest BCUT2D eigenvalue weighted by Gasteiger charge is -2.36. The minimum atomic E-state index is -1.88. The molecular formula is C40H63O2PSi2. The van der Waals surface area contributed by atoms with Crippen LogP contribution in [-0.4, -0.2) is 16.6 Å². The predicted molar refractivity (Wildman–Crippen MR) is 208 cm³/mol. The van der Waals surface area contributed by atoms with Crippen molar-refractivity contribution in [3.8, 4) is 11.5 Å². The third kappa shape index (κ3) is 9.58. The maximum absolute atomic E-state index is 6.99. The maximum Gasteiger partial charge on any atom is 0.242 e. The molecule has 0 aliphatic heterocycles. The number of hydrogen-bond donors (Lipinski definition) is 0. The summed E-state index contributed by atoms with van der Waals surface area (Å²) in [6.45, 7) is 41.7. The van der Waals surface area contributed by atoms with Crippen molar-refractivity contribution in [2.75, 3.05) is 0 Å². The van der Waals surface area contributed by atoms with Crippen molar-refractivity contribution in [2.45, 2.75) is 144 Å². The summed E-state index contributed by atoms with van der Waals surface area (Å²) >= 11 is 0. The molecule has 248 valence electrons. The lowest BCUT2D eigenvalue weighted by Crippen LogP contribution is -2.35. The Balaban J connectivity index is 2.57. The average Bonchev–Trinajstić information content (AvgIpc) is 2.81. The van der Waals surface area contributed by atoms with Crippen molar-refractivity contribution < 1.29 is 8.85 Å². The molecule has 0 amide bonds. The van der Waals surface area contributed by atoms with E-state index in [9.17, 15) is 0 Å². The van der Waals surface area contributed by atoms with Gasteiger partial charge in [0, 0.05) is 0 Å². The van der Waals surface area contributed by atoms with Crippen LogP contribution in [0.2, 0.25) is 39.3 Å². The molecule has 0 saturated heterocycles. The Morgan fingerprint density at radius 1 is 0.422 bits per heavy atom. The lowest BCUT2D eigenvalue weighted by atomic mass is 9.79. The van der Waals surface area contributed by atoms with Crippen molar-refractivity contribution in [2.24, 2.45) is 0 Å². The average molecular weight is 663 g/mol. The first-order chi connectivity index (χ1) is 20.1. The molecule has 0 bridgehead atoms. The van der Waals surface area contributed by atoms with Crippen LogP contribution in [-0.2, 0) is 21.7 Å². The minimum absolute atomic E-state index is 0.0785. The van der Waals surface area contributed by atoms with Crippen LogP contribution in [0, 0.1) is 0 Å². The topological polar surface area (TPSA) is 18.5 Å². The van der Waals surface area contributed by atoms with E-state index >= 15 is 0 Å². The highest BCUT2D eigenvalue weighted by atomic mass is 31.1. The van der Waals surface area contributed by atoms with E-state index in [4.69, 9.17) is 8.85 Å². The molecule has 0 radical (unpaired) electrons. The van der Waals surface area contributed by atoms with Crippen LogP contribution in [0.25, 0.3) is 0 Å². The second-order valence-corrected chi connectivity index (χ2v) is 29.9. The standard InChI is InChI=1S/C40H63O2PSi2/c1-37(2,3)31-24-29(25-32(38(4,5)6)35(31)41-44(13,14)15)43(28-22-20-19-21-23-28)30-26-33(39(7,8)9)36(42-45(16,17)18)34(27-30)40(10,11)12/h19-27H,1-18H3. The van der Waals surface area contributed by atoms with Crippen LogP contribution in [0.15, 0.2) is 54.6 Å². The van der Waals surface area contributed by atoms with Crippen LogP contribution in [0.3, 0.4) is 0 Å². The van der Waals surface area contributed by atoms with Gasteiger partial charge in [0.25, 0.3) is 0 Å². The summed E-state index contributed by atoms with van der Waals surface area (Å²) in [7, 11) is -4.64. The van der Waals surface area contributed by atoms with Gasteiger partial charge in [-0.25, -0.2) is 0 Å². The maximum atomic E-state index is 6.99. The fourth-order valence-electron chi connectivity index (χ4n) is 5.57. The zero-order chi connectivity index (χ0) is 34.6. The normalized spacial score (nSPS) is 13.8. The van der Waals surface area contributed by atoms with Gasteiger partial charge in [-0.1, -0.05) is 113 Å². The van der Waals surface area contributed by atoms with Gasteiger partial charge in [0.1, 0.15) is 11.5 Å². The molecule has 3 rings (SSSR count). The van der Waals surface area contributed by atoms with E-state index in [2.05, 4.69) is 177 Å². The Labute approximate surface area is 280 Å². The van der Waals surface area contributed by atoms with Gasteiger partial charge in [-0.2, -0.15) is 0 Å². The van der Waals surface area contributed by atoms with E-state index in [1.807, 2.05) is 0 Å². The molecule has 0 atom stereocenters. The highest BCUT2D eigenvalue weighted by molar-refractivity contribution is 7.79. The fourth-order valence-corrected chi connectivity index (χ4v) is 9.63. The second-order valence-electron chi connectivity index (χ2n) is 18.8. The van der Waals surface area contributed by atoms with Crippen LogP contribution < -0.4 is 24.8 Å². The zero-order valence-corrected chi connectivity index (χ0v) is 34.9. The fraction of sp³-hybridized carbons (Fsp3) is 0.550. The molecule has 0 fully saturated rings. The van der Waals surface area contributed by atoms with E-state index < -0.39 is 24.6 Å². The van der Waals surface area contributed by atoms with Crippen molar-refractivity contribution in [3.63, 3.8) is 0 Å². The van der Waals surface area contributed by atoms with E-state index in [-0.39, 0.29) is 21.7 Å². The zero-order valence-electron chi connectivity index (χ0n) is 32.0. The van der Waals surface area contributed by atoms with Gasteiger partial charge in [-0.3, -0.25) is 0 Å². The molecule has 0 saturated carbocycles. The van der Waals surface area contributed by atoms with E-state index in [0.717, 1.165) is 11.5 Å². The van der Waals surface area contributed by atoms with Gasteiger partial charge in [0.05, 0.1) is 0 Å². The molecule has 0 spiro atoms. The number of benzene rings is 3. The first-order valence-corrected chi connectivity index (χ1v) is 24.9. The Morgan fingerprint density at radius 3 is 0.911 bits per heavy atom. The largest absolute Gasteiger partial charge is 0.544 e. The van der Waals surface area contributed by atoms with E-state index in [1.165, 1.54) is 38.2 Å². The summed E-state index contributed by atoms with van der Waals surface area (Å²) in [5, 5.41) is 4.13. The molecule has 0 aliphatic rings.